The molecule has 1 heterocycles. The Labute approximate surface area is 163 Å². The van der Waals surface area contributed by atoms with E-state index in [-0.39, 0.29) is 0 Å². The van der Waals surface area contributed by atoms with Gasteiger partial charge in [0.05, 0.1) is 4.90 Å². The number of carbonyl (C=O) groups is 2. The number of nitrogens with zero attached hydrogens (tertiary/aromatic N) is 1. The van der Waals surface area contributed by atoms with Gasteiger partial charge in [-0.3, -0.25) is 9.59 Å². The van der Waals surface area contributed by atoms with E-state index < -0.39 is 11.9 Å². The Hall–Kier alpha value is -2.31. The van der Waals surface area contributed by atoms with Crippen molar-refractivity contribution in [3.8, 4) is 11.5 Å². The van der Waals surface area contributed by atoms with Crippen molar-refractivity contribution in [2.24, 2.45) is 0 Å². The summed E-state index contributed by atoms with van der Waals surface area (Å²) in [6, 6.07) is 11.8. The fourth-order valence-corrected chi connectivity index (χ4v) is 4.23. The van der Waals surface area contributed by atoms with Crippen LogP contribution in [0.3, 0.4) is 0 Å². The molecular weight excluding hydrogens is 362 g/mol. The summed E-state index contributed by atoms with van der Waals surface area (Å²) in [5.41, 5.74) is 2.28. The van der Waals surface area contributed by atoms with Gasteiger partial charge in [0.1, 0.15) is 0 Å². The van der Waals surface area contributed by atoms with Crippen molar-refractivity contribution in [3.63, 3.8) is 0 Å². The summed E-state index contributed by atoms with van der Waals surface area (Å²) < 4.78 is 10.9. The van der Waals surface area contributed by atoms with E-state index in [0.717, 1.165) is 46.8 Å². The van der Waals surface area contributed by atoms with E-state index in [2.05, 4.69) is 11.9 Å². The molecule has 0 spiro atoms. The highest BCUT2D eigenvalue weighted by molar-refractivity contribution is 7.99. The maximum Gasteiger partial charge on any atom is 0.308 e. The van der Waals surface area contributed by atoms with Crippen molar-refractivity contribution >= 4 is 23.7 Å². The number of hydrogen-bond acceptors (Lipinski definition) is 6. The molecule has 0 N–H and O–H groups in total. The molecule has 6 heteroatoms. The van der Waals surface area contributed by atoms with Crippen molar-refractivity contribution in [1.29, 1.82) is 0 Å². The first-order chi connectivity index (χ1) is 12.9. The van der Waals surface area contributed by atoms with Gasteiger partial charge in [0.2, 0.25) is 0 Å². The minimum atomic E-state index is -0.441. The highest BCUT2D eigenvalue weighted by Gasteiger charge is 2.25. The van der Waals surface area contributed by atoms with E-state index in [9.17, 15) is 9.59 Å². The molecule has 5 nitrogen and oxygen atoms in total. The van der Waals surface area contributed by atoms with Crippen LogP contribution >= 0.6 is 11.8 Å². The molecule has 0 aliphatic carbocycles. The van der Waals surface area contributed by atoms with Crippen LogP contribution in [0.5, 0.6) is 11.5 Å². The standard InChI is InChI=1S/C21H23NO4S/c1-14(23)25-19-13-16-9-11-22(3)12-10-18(16)21(20(19)26-15(2)24)27-17-7-5-4-6-8-17/h4-8,13H,9-12H2,1-3H3. The lowest BCUT2D eigenvalue weighted by molar-refractivity contribution is -0.134. The molecule has 0 saturated carbocycles. The van der Waals surface area contributed by atoms with E-state index in [1.54, 1.807) is 0 Å². The van der Waals surface area contributed by atoms with E-state index in [1.165, 1.54) is 25.6 Å². The van der Waals surface area contributed by atoms with Crippen molar-refractivity contribution in [2.45, 2.75) is 36.5 Å². The number of esters is 2. The average molecular weight is 385 g/mol. The molecule has 0 saturated heterocycles. The van der Waals surface area contributed by atoms with E-state index in [4.69, 9.17) is 9.47 Å². The van der Waals surface area contributed by atoms with Gasteiger partial charge < -0.3 is 14.4 Å². The van der Waals surface area contributed by atoms with Gasteiger partial charge >= 0.3 is 11.9 Å². The van der Waals surface area contributed by atoms with Crippen LogP contribution in [0.25, 0.3) is 0 Å². The molecule has 0 amide bonds. The lowest BCUT2D eigenvalue weighted by atomic mass is 10.0. The average Bonchev–Trinajstić information content (AvgIpc) is 2.80. The van der Waals surface area contributed by atoms with Crippen LogP contribution < -0.4 is 9.47 Å². The minimum absolute atomic E-state index is 0.305. The maximum atomic E-state index is 11.8. The monoisotopic (exact) mass is 385 g/mol. The predicted octanol–water partition coefficient (Wildman–Crippen LogP) is 3.72. The van der Waals surface area contributed by atoms with Gasteiger partial charge in [-0.05, 0) is 49.2 Å². The predicted molar refractivity (Wildman–Crippen MR) is 105 cm³/mol. The number of ether oxygens (including phenoxy) is 2. The lowest BCUT2D eigenvalue weighted by Gasteiger charge is -2.19. The fraction of sp³-hybridized carbons (Fsp3) is 0.333. The SMILES string of the molecule is CC(=O)Oc1cc2c(c(Sc3ccccc3)c1OC(C)=O)CCN(C)CC2. The van der Waals surface area contributed by atoms with Crippen molar-refractivity contribution in [1.82, 2.24) is 4.90 Å². The molecule has 27 heavy (non-hydrogen) atoms. The Kier molecular flexibility index (Phi) is 6.19. The summed E-state index contributed by atoms with van der Waals surface area (Å²) >= 11 is 1.54. The normalized spacial score (nSPS) is 14.2. The first-order valence-corrected chi connectivity index (χ1v) is 9.72. The zero-order valence-electron chi connectivity index (χ0n) is 15.8. The second-order valence-electron chi connectivity index (χ2n) is 6.58. The van der Waals surface area contributed by atoms with Crippen LogP contribution in [-0.4, -0.2) is 37.0 Å². The summed E-state index contributed by atoms with van der Waals surface area (Å²) in [6.07, 6.45) is 1.69. The van der Waals surface area contributed by atoms with E-state index >= 15 is 0 Å². The Morgan fingerprint density at radius 1 is 1.00 bits per heavy atom. The third-order valence-corrected chi connectivity index (χ3v) is 5.51. The molecule has 0 radical (unpaired) electrons. The number of carbonyl (C=O) groups excluding carboxylic acids is 2. The topological polar surface area (TPSA) is 55.8 Å². The van der Waals surface area contributed by atoms with Gasteiger partial charge in [0, 0.05) is 31.8 Å². The first-order valence-electron chi connectivity index (χ1n) is 8.91. The first kappa shape index (κ1) is 19.5. The summed E-state index contributed by atoms with van der Waals surface area (Å²) in [5, 5.41) is 0. The van der Waals surface area contributed by atoms with Crippen LogP contribution in [0.1, 0.15) is 25.0 Å². The number of likely N-dealkylation sites (N-methyl/N-ethyl adjacent to an activating group) is 1. The largest absolute Gasteiger partial charge is 0.423 e. The maximum absolute atomic E-state index is 11.8. The molecule has 0 bridgehead atoms. The minimum Gasteiger partial charge on any atom is -0.423 e. The molecule has 0 atom stereocenters. The molecular formula is C21H23NO4S. The number of fused-ring (bicyclic) bond motifs is 1. The second kappa shape index (κ2) is 8.59. The third kappa shape index (κ3) is 4.90. The number of benzene rings is 2. The molecule has 2 aromatic carbocycles. The van der Waals surface area contributed by atoms with Crippen molar-refractivity contribution in [3.05, 3.63) is 47.5 Å². The van der Waals surface area contributed by atoms with Crippen LogP contribution in [-0.2, 0) is 22.4 Å². The Balaban J connectivity index is 2.17. The summed E-state index contributed by atoms with van der Waals surface area (Å²) in [7, 11) is 2.09. The zero-order valence-corrected chi connectivity index (χ0v) is 16.6. The Morgan fingerprint density at radius 2 is 1.67 bits per heavy atom. The summed E-state index contributed by atoms with van der Waals surface area (Å²) in [4.78, 5) is 27.5. The molecule has 2 aromatic rings. The van der Waals surface area contributed by atoms with Gasteiger partial charge in [-0.1, -0.05) is 30.0 Å². The fourth-order valence-electron chi connectivity index (χ4n) is 3.11. The second-order valence-corrected chi connectivity index (χ2v) is 7.66. The van der Waals surface area contributed by atoms with Crippen LogP contribution in [0, 0.1) is 0 Å². The van der Waals surface area contributed by atoms with Gasteiger partial charge in [0.15, 0.2) is 11.5 Å². The van der Waals surface area contributed by atoms with Crippen LogP contribution in [0.4, 0.5) is 0 Å². The van der Waals surface area contributed by atoms with Crippen molar-refractivity contribution < 1.29 is 19.1 Å². The molecule has 1 aliphatic rings. The Morgan fingerprint density at radius 3 is 2.33 bits per heavy atom. The van der Waals surface area contributed by atoms with E-state index in [1.807, 2.05) is 36.4 Å². The summed E-state index contributed by atoms with van der Waals surface area (Å²) in [6.45, 7) is 4.55. The zero-order chi connectivity index (χ0) is 19.4. The van der Waals surface area contributed by atoms with Gasteiger partial charge in [-0.25, -0.2) is 0 Å². The van der Waals surface area contributed by atoms with Gasteiger partial charge in [0.25, 0.3) is 0 Å². The quantitative estimate of drug-likeness (QED) is 0.591. The smallest absolute Gasteiger partial charge is 0.308 e. The highest BCUT2D eigenvalue weighted by atomic mass is 32.2. The van der Waals surface area contributed by atoms with Gasteiger partial charge in [-0.2, -0.15) is 0 Å². The number of hydrogen-bond donors (Lipinski definition) is 0. The van der Waals surface area contributed by atoms with Crippen LogP contribution in [0.15, 0.2) is 46.2 Å². The van der Waals surface area contributed by atoms with Crippen molar-refractivity contribution in [2.75, 3.05) is 20.1 Å². The van der Waals surface area contributed by atoms with E-state index in [0.29, 0.717) is 11.5 Å². The van der Waals surface area contributed by atoms with Gasteiger partial charge in [-0.15, -0.1) is 0 Å². The lowest BCUT2D eigenvalue weighted by Crippen LogP contribution is -2.20. The molecule has 0 unspecified atom stereocenters. The summed E-state index contributed by atoms with van der Waals surface area (Å²) in [5.74, 6) is -0.247. The molecule has 0 fully saturated rings. The highest BCUT2D eigenvalue weighted by Crippen LogP contribution is 2.46. The molecule has 0 aromatic heterocycles. The molecule has 1 aliphatic heterocycles. The van der Waals surface area contributed by atoms with Crippen LogP contribution in [0.2, 0.25) is 0 Å². The Bertz CT molecular complexity index is 851. The molecule has 3 rings (SSSR count). The number of rotatable bonds is 4. The third-order valence-electron chi connectivity index (χ3n) is 4.37. The molecule has 142 valence electrons.